The highest BCUT2D eigenvalue weighted by Gasteiger charge is 2.19. The second-order valence-electron chi connectivity index (χ2n) is 4.97. The molecule has 0 saturated carbocycles. The molecule has 0 amide bonds. The van der Waals surface area contributed by atoms with Crippen molar-refractivity contribution < 1.29 is 0 Å². The number of hydrogen-bond donors (Lipinski definition) is 1. The molecular weight excluding hydrogens is 238 g/mol. The van der Waals surface area contributed by atoms with Crippen LogP contribution in [0.25, 0.3) is 0 Å². The Kier molecular flexibility index (Phi) is 4.04. The molecule has 2 heterocycles. The lowest BCUT2D eigenvalue weighted by Crippen LogP contribution is -2.25. The van der Waals surface area contributed by atoms with Crippen LogP contribution in [0.5, 0.6) is 0 Å². The summed E-state index contributed by atoms with van der Waals surface area (Å²) in [7, 11) is 3.99. The number of aryl methyl sites for hydroxylation is 3. The first-order valence-corrected chi connectivity index (χ1v) is 6.75. The van der Waals surface area contributed by atoms with Crippen LogP contribution in [0.2, 0.25) is 0 Å². The monoisotopic (exact) mass is 261 g/mol. The zero-order chi connectivity index (χ0) is 14.0. The molecule has 0 aliphatic rings. The number of hydrogen-bond acceptors (Lipinski definition) is 3. The molecule has 1 atom stereocenters. The molecule has 0 radical (unpaired) electrons. The number of aromatic nitrogens is 4. The van der Waals surface area contributed by atoms with Gasteiger partial charge in [0.05, 0.1) is 17.4 Å². The van der Waals surface area contributed by atoms with Gasteiger partial charge in [-0.05, 0) is 38.4 Å². The maximum Gasteiger partial charge on any atom is 0.0629 e. The maximum atomic E-state index is 4.49. The molecule has 0 aromatic carbocycles. The van der Waals surface area contributed by atoms with Gasteiger partial charge in [0.15, 0.2) is 0 Å². The number of nitrogens with one attached hydrogen (secondary N) is 1. The van der Waals surface area contributed by atoms with E-state index in [9.17, 15) is 0 Å². The molecule has 2 rings (SSSR count). The first kappa shape index (κ1) is 13.8. The van der Waals surface area contributed by atoms with E-state index in [1.165, 1.54) is 17.0 Å². The molecule has 0 saturated heterocycles. The van der Waals surface area contributed by atoms with Crippen molar-refractivity contribution in [2.24, 2.45) is 14.1 Å². The van der Waals surface area contributed by atoms with Crippen molar-refractivity contribution in [2.75, 3.05) is 6.54 Å². The molecule has 2 aromatic rings. The fourth-order valence-electron chi connectivity index (χ4n) is 2.57. The Bertz CT molecular complexity index is 552. The largest absolute Gasteiger partial charge is 0.309 e. The average Bonchev–Trinajstić information content (AvgIpc) is 2.88. The second-order valence-corrected chi connectivity index (χ2v) is 4.97. The summed E-state index contributed by atoms with van der Waals surface area (Å²) in [5, 5.41) is 12.3. The average molecular weight is 261 g/mol. The zero-order valence-electron chi connectivity index (χ0n) is 12.4. The lowest BCUT2D eigenvalue weighted by molar-refractivity contribution is 0.506. The van der Waals surface area contributed by atoms with E-state index < -0.39 is 0 Å². The van der Waals surface area contributed by atoms with Gasteiger partial charge in [-0.1, -0.05) is 6.92 Å². The SMILES string of the molecule is CCNC(Cc1c(C)nn(C)c1C)c1ccnn1C. The van der Waals surface area contributed by atoms with Crippen LogP contribution >= 0.6 is 0 Å². The Hall–Kier alpha value is -1.62. The molecule has 0 bridgehead atoms. The zero-order valence-corrected chi connectivity index (χ0v) is 12.4. The van der Waals surface area contributed by atoms with Gasteiger partial charge in [0.2, 0.25) is 0 Å². The summed E-state index contributed by atoms with van der Waals surface area (Å²) in [6.45, 7) is 7.27. The van der Waals surface area contributed by atoms with E-state index in [-0.39, 0.29) is 6.04 Å². The molecular formula is C14H23N5. The molecule has 2 aromatic heterocycles. The summed E-state index contributed by atoms with van der Waals surface area (Å²) in [6, 6.07) is 2.35. The summed E-state index contributed by atoms with van der Waals surface area (Å²) >= 11 is 0. The van der Waals surface area contributed by atoms with Crippen molar-refractivity contribution in [2.45, 2.75) is 33.2 Å². The van der Waals surface area contributed by atoms with Crippen LogP contribution in [-0.4, -0.2) is 26.1 Å². The number of nitrogens with zero attached hydrogens (tertiary/aromatic N) is 4. The van der Waals surface area contributed by atoms with Crippen LogP contribution in [0.4, 0.5) is 0 Å². The lowest BCUT2D eigenvalue weighted by Gasteiger charge is -2.18. The Balaban J connectivity index is 2.29. The van der Waals surface area contributed by atoms with Gasteiger partial charge in [-0.2, -0.15) is 10.2 Å². The van der Waals surface area contributed by atoms with Gasteiger partial charge in [-0.15, -0.1) is 0 Å². The summed E-state index contributed by atoms with van der Waals surface area (Å²) in [6.07, 6.45) is 2.79. The second kappa shape index (κ2) is 5.57. The molecule has 19 heavy (non-hydrogen) atoms. The van der Waals surface area contributed by atoms with E-state index in [4.69, 9.17) is 0 Å². The highest BCUT2D eigenvalue weighted by Crippen LogP contribution is 2.22. The molecule has 0 fully saturated rings. The fourth-order valence-corrected chi connectivity index (χ4v) is 2.57. The van der Waals surface area contributed by atoms with Crippen molar-refractivity contribution in [3.8, 4) is 0 Å². The van der Waals surface area contributed by atoms with Gasteiger partial charge in [0.25, 0.3) is 0 Å². The third kappa shape index (κ3) is 2.71. The minimum atomic E-state index is 0.277. The van der Waals surface area contributed by atoms with Crippen molar-refractivity contribution in [3.63, 3.8) is 0 Å². The highest BCUT2D eigenvalue weighted by atomic mass is 15.3. The minimum Gasteiger partial charge on any atom is -0.309 e. The standard InChI is InChI=1S/C14H23N5/c1-6-15-13(14-7-8-16-19(14)5)9-12-10(2)17-18(4)11(12)3/h7-8,13,15H,6,9H2,1-5H3. The third-order valence-electron chi connectivity index (χ3n) is 3.73. The molecule has 1 unspecified atom stereocenters. The predicted octanol–water partition coefficient (Wildman–Crippen LogP) is 1.66. The quantitative estimate of drug-likeness (QED) is 0.890. The van der Waals surface area contributed by atoms with Crippen LogP contribution in [0.3, 0.4) is 0 Å². The molecule has 1 N–H and O–H groups in total. The van der Waals surface area contributed by atoms with E-state index in [2.05, 4.69) is 42.4 Å². The molecule has 0 aliphatic carbocycles. The summed E-state index contributed by atoms with van der Waals surface area (Å²) in [4.78, 5) is 0. The Morgan fingerprint density at radius 2 is 2.00 bits per heavy atom. The summed E-state index contributed by atoms with van der Waals surface area (Å²) in [5.41, 5.74) is 4.90. The first-order chi connectivity index (χ1) is 9.04. The van der Waals surface area contributed by atoms with Crippen molar-refractivity contribution in [1.82, 2.24) is 24.9 Å². The van der Waals surface area contributed by atoms with Gasteiger partial charge >= 0.3 is 0 Å². The van der Waals surface area contributed by atoms with E-state index >= 15 is 0 Å². The van der Waals surface area contributed by atoms with Crippen molar-refractivity contribution >= 4 is 0 Å². The third-order valence-corrected chi connectivity index (χ3v) is 3.73. The van der Waals surface area contributed by atoms with Crippen LogP contribution < -0.4 is 5.32 Å². The molecule has 0 aliphatic heterocycles. The van der Waals surface area contributed by atoms with Crippen molar-refractivity contribution in [1.29, 1.82) is 0 Å². The number of rotatable bonds is 5. The normalized spacial score (nSPS) is 12.9. The van der Waals surface area contributed by atoms with E-state index in [0.717, 1.165) is 18.7 Å². The first-order valence-electron chi connectivity index (χ1n) is 6.75. The van der Waals surface area contributed by atoms with Crippen LogP contribution in [0.1, 0.15) is 35.6 Å². The van der Waals surface area contributed by atoms with E-state index in [1.807, 2.05) is 29.7 Å². The Labute approximate surface area is 114 Å². The maximum absolute atomic E-state index is 4.49. The van der Waals surface area contributed by atoms with Gasteiger partial charge in [0.1, 0.15) is 0 Å². The van der Waals surface area contributed by atoms with Crippen LogP contribution in [-0.2, 0) is 20.5 Å². The lowest BCUT2D eigenvalue weighted by atomic mass is 10.0. The van der Waals surface area contributed by atoms with E-state index in [0.29, 0.717) is 0 Å². The Morgan fingerprint density at radius 1 is 1.26 bits per heavy atom. The van der Waals surface area contributed by atoms with Crippen LogP contribution in [0, 0.1) is 13.8 Å². The number of likely N-dealkylation sites (N-methyl/N-ethyl adjacent to an activating group) is 1. The molecule has 5 nitrogen and oxygen atoms in total. The summed E-state index contributed by atoms with van der Waals surface area (Å²) in [5.74, 6) is 0. The molecule has 5 heteroatoms. The minimum absolute atomic E-state index is 0.277. The van der Waals surface area contributed by atoms with Gasteiger partial charge in [-0.3, -0.25) is 9.36 Å². The Morgan fingerprint density at radius 3 is 2.47 bits per heavy atom. The van der Waals surface area contributed by atoms with Crippen LogP contribution in [0.15, 0.2) is 12.3 Å². The topological polar surface area (TPSA) is 47.7 Å². The predicted molar refractivity (Wildman–Crippen MR) is 76.0 cm³/mol. The van der Waals surface area contributed by atoms with Crippen molar-refractivity contribution in [3.05, 3.63) is 34.9 Å². The highest BCUT2D eigenvalue weighted by molar-refractivity contribution is 5.27. The fraction of sp³-hybridized carbons (Fsp3) is 0.571. The van der Waals surface area contributed by atoms with E-state index in [1.54, 1.807) is 0 Å². The smallest absolute Gasteiger partial charge is 0.0629 e. The molecule has 104 valence electrons. The molecule has 0 spiro atoms. The summed E-state index contributed by atoms with van der Waals surface area (Å²) < 4.78 is 3.89. The van der Waals surface area contributed by atoms with Gasteiger partial charge < -0.3 is 5.32 Å². The van der Waals surface area contributed by atoms with Gasteiger partial charge in [-0.25, -0.2) is 0 Å². The van der Waals surface area contributed by atoms with Gasteiger partial charge in [0, 0.05) is 26.0 Å².